The second-order valence-corrected chi connectivity index (χ2v) is 6.60. The lowest BCUT2D eigenvalue weighted by Crippen LogP contribution is -2.57. The Morgan fingerprint density at radius 2 is 1.84 bits per heavy atom. The number of ether oxygens (including phenoxy) is 1. The molecule has 0 aliphatic carbocycles. The summed E-state index contributed by atoms with van der Waals surface area (Å²) in [6.45, 7) is 11.8. The summed E-state index contributed by atoms with van der Waals surface area (Å²) in [6, 6.07) is 3.81. The standard InChI is InChI=1S/C15H24N2O2/c1-11(18)12-6-7-16-13(8-12)17-9-14(2,3)19-15(4,5)10-17/h6-8,11,18H,9-10H2,1-5H3/t11-/m0/s1. The van der Waals surface area contributed by atoms with Crippen LogP contribution in [0.15, 0.2) is 18.3 Å². The zero-order chi connectivity index (χ0) is 14.3. The number of hydrogen-bond acceptors (Lipinski definition) is 4. The van der Waals surface area contributed by atoms with Crippen molar-refractivity contribution in [2.24, 2.45) is 0 Å². The fraction of sp³-hybridized carbons (Fsp3) is 0.667. The van der Waals surface area contributed by atoms with Crippen molar-refractivity contribution in [3.8, 4) is 0 Å². The fourth-order valence-electron chi connectivity index (χ4n) is 2.82. The zero-order valence-electron chi connectivity index (χ0n) is 12.5. The predicted molar refractivity (Wildman–Crippen MR) is 76.3 cm³/mol. The van der Waals surface area contributed by atoms with E-state index in [0.717, 1.165) is 24.5 Å². The molecule has 1 atom stereocenters. The number of nitrogens with zero attached hydrogens (tertiary/aromatic N) is 2. The lowest BCUT2D eigenvalue weighted by atomic mass is 9.99. The van der Waals surface area contributed by atoms with Gasteiger partial charge in [0.05, 0.1) is 17.3 Å². The summed E-state index contributed by atoms with van der Waals surface area (Å²) in [5.41, 5.74) is 0.487. The van der Waals surface area contributed by atoms with Crippen LogP contribution in [0, 0.1) is 0 Å². The van der Waals surface area contributed by atoms with Gasteiger partial charge in [-0.1, -0.05) is 0 Å². The van der Waals surface area contributed by atoms with Gasteiger partial charge in [0.15, 0.2) is 0 Å². The van der Waals surface area contributed by atoms with E-state index in [1.807, 2.05) is 12.1 Å². The molecule has 106 valence electrons. The average molecular weight is 264 g/mol. The van der Waals surface area contributed by atoms with E-state index in [9.17, 15) is 5.11 Å². The fourth-order valence-corrected chi connectivity index (χ4v) is 2.82. The molecule has 1 N–H and O–H groups in total. The Hall–Kier alpha value is -1.13. The molecule has 2 heterocycles. The van der Waals surface area contributed by atoms with Crippen LogP contribution in [0.2, 0.25) is 0 Å². The number of anilines is 1. The molecule has 19 heavy (non-hydrogen) atoms. The van der Waals surface area contributed by atoms with Crippen LogP contribution in [-0.4, -0.2) is 34.4 Å². The molecule has 0 unspecified atom stereocenters. The van der Waals surface area contributed by atoms with E-state index in [-0.39, 0.29) is 11.2 Å². The summed E-state index contributed by atoms with van der Waals surface area (Å²) in [5, 5.41) is 9.68. The molecule has 1 aromatic heterocycles. The van der Waals surface area contributed by atoms with Gasteiger partial charge in [0.2, 0.25) is 0 Å². The van der Waals surface area contributed by atoms with Gasteiger partial charge in [-0.05, 0) is 52.3 Å². The van der Waals surface area contributed by atoms with Crippen molar-refractivity contribution in [3.63, 3.8) is 0 Å². The maximum atomic E-state index is 9.68. The minimum absolute atomic E-state index is 0.204. The number of pyridine rings is 1. The van der Waals surface area contributed by atoms with Crippen LogP contribution in [0.4, 0.5) is 5.82 Å². The molecule has 4 nitrogen and oxygen atoms in total. The van der Waals surface area contributed by atoms with Crippen LogP contribution in [0.3, 0.4) is 0 Å². The summed E-state index contributed by atoms with van der Waals surface area (Å²) in [5.74, 6) is 0.905. The second kappa shape index (κ2) is 4.76. The molecular weight excluding hydrogens is 240 g/mol. The largest absolute Gasteiger partial charge is 0.389 e. The highest BCUT2D eigenvalue weighted by atomic mass is 16.5. The van der Waals surface area contributed by atoms with Crippen LogP contribution in [0.5, 0.6) is 0 Å². The van der Waals surface area contributed by atoms with Crippen LogP contribution < -0.4 is 4.90 Å². The minimum atomic E-state index is -0.469. The van der Waals surface area contributed by atoms with Crippen LogP contribution in [0.1, 0.15) is 46.3 Å². The van der Waals surface area contributed by atoms with E-state index in [4.69, 9.17) is 4.74 Å². The molecule has 1 saturated heterocycles. The van der Waals surface area contributed by atoms with Crippen molar-refractivity contribution in [1.29, 1.82) is 0 Å². The summed E-state index contributed by atoms with van der Waals surface area (Å²) < 4.78 is 6.07. The van der Waals surface area contributed by atoms with E-state index in [0.29, 0.717) is 0 Å². The molecule has 0 bridgehead atoms. The third kappa shape index (κ3) is 3.45. The van der Waals surface area contributed by atoms with Gasteiger partial charge in [-0.2, -0.15) is 0 Å². The Labute approximate surface area is 115 Å². The number of aromatic nitrogens is 1. The van der Waals surface area contributed by atoms with Gasteiger partial charge < -0.3 is 14.7 Å². The summed E-state index contributed by atoms with van der Waals surface area (Å²) in [4.78, 5) is 6.67. The molecule has 0 spiro atoms. The minimum Gasteiger partial charge on any atom is -0.389 e. The molecule has 4 heteroatoms. The SMILES string of the molecule is C[C@H](O)c1ccnc(N2CC(C)(C)OC(C)(C)C2)c1. The van der Waals surface area contributed by atoms with Gasteiger partial charge in [-0.15, -0.1) is 0 Å². The van der Waals surface area contributed by atoms with Crippen LogP contribution in [-0.2, 0) is 4.74 Å². The van der Waals surface area contributed by atoms with Gasteiger partial charge in [-0.3, -0.25) is 0 Å². The first kappa shape index (κ1) is 14.3. The molecule has 1 aliphatic heterocycles. The number of aliphatic hydroxyl groups excluding tert-OH is 1. The van der Waals surface area contributed by atoms with E-state index < -0.39 is 6.10 Å². The third-order valence-corrected chi connectivity index (χ3v) is 3.27. The molecule has 0 aromatic carbocycles. The van der Waals surface area contributed by atoms with Gasteiger partial charge >= 0.3 is 0 Å². The van der Waals surface area contributed by atoms with E-state index in [1.54, 1.807) is 13.1 Å². The Kier molecular flexibility index (Phi) is 3.58. The predicted octanol–water partition coefficient (Wildman–Crippen LogP) is 2.53. The Balaban J connectivity index is 2.28. The highest BCUT2D eigenvalue weighted by molar-refractivity contribution is 5.43. The Morgan fingerprint density at radius 1 is 1.26 bits per heavy atom. The molecule has 0 radical (unpaired) electrons. The molecule has 0 amide bonds. The van der Waals surface area contributed by atoms with Gasteiger partial charge in [0.25, 0.3) is 0 Å². The first-order valence-electron chi connectivity index (χ1n) is 6.78. The smallest absolute Gasteiger partial charge is 0.129 e. The lowest BCUT2D eigenvalue weighted by molar-refractivity contribution is -0.133. The van der Waals surface area contributed by atoms with Gasteiger partial charge in [-0.25, -0.2) is 4.98 Å². The van der Waals surface area contributed by atoms with Gasteiger partial charge in [0, 0.05) is 19.3 Å². The maximum Gasteiger partial charge on any atom is 0.129 e. The van der Waals surface area contributed by atoms with Crippen molar-refractivity contribution in [2.45, 2.75) is 51.9 Å². The van der Waals surface area contributed by atoms with Crippen LogP contribution in [0.25, 0.3) is 0 Å². The molecule has 1 fully saturated rings. The summed E-state index contributed by atoms with van der Waals surface area (Å²) in [6.07, 6.45) is 1.29. The average Bonchev–Trinajstić information content (AvgIpc) is 2.25. The van der Waals surface area contributed by atoms with Gasteiger partial charge in [0.1, 0.15) is 5.82 Å². The number of aliphatic hydroxyl groups is 1. The Bertz CT molecular complexity index is 439. The lowest BCUT2D eigenvalue weighted by Gasteiger charge is -2.47. The highest BCUT2D eigenvalue weighted by Crippen LogP contribution is 2.31. The summed E-state index contributed by atoms with van der Waals surface area (Å²) in [7, 11) is 0. The maximum absolute atomic E-state index is 9.68. The molecule has 2 rings (SSSR count). The van der Waals surface area contributed by atoms with E-state index >= 15 is 0 Å². The topological polar surface area (TPSA) is 45.6 Å². The Morgan fingerprint density at radius 3 is 2.37 bits per heavy atom. The first-order valence-corrected chi connectivity index (χ1v) is 6.78. The zero-order valence-corrected chi connectivity index (χ0v) is 12.5. The quantitative estimate of drug-likeness (QED) is 0.891. The number of morpholine rings is 1. The second-order valence-electron chi connectivity index (χ2n) is 6.60. The molecule has 1 aromatic rings. The first-order chi connectivity index (χ1) is 8.69. The van der Waals surface area contributed by atoms with E-state index in [1.165, 1.54) is 0 Å². The third-order valence-electron chi connectivity index (χ3n) is 3.27. The number of hydrogen-bond donors (Lipinski definition) is 1. The van der Waals surface area contributed by atoms with E-state index in [2.05, 4.69) is 37.6 Å². The summed E-state index contributed by atoms with van der Waals surface area (Å²) >= 11 is 0. The normalized spacial score (nSPS) is 23.2. The highest BCUT2D eigenvalue weighted by Gasteiger charge is 2.38. The molecular formula is C15H24N2O2. The number of rotatable bonds is 2. The monoisotopic (exact) mass is 264 g/mol. The molecule has 1 aliphatic rings. The van der Waals surface area contributed by atoms with Crippen molar-refractivity contribution in [3.05, 3.63) is 23.9 Å². The van der Waals surface area contributed by atoms with Crippen molar-refractivity contribution >= 4 is 5.82 Å². The van der Waals surface area contributed by atoms with Crippen LogP contribution >= 0.6 is 0 Å². The van der Waals surface area contributed by atoms with Crippen molar-refractivity contribution in [1.82, 2.24) is 4.98 Å². The van der Waals surface area contributed by atoms with Crippen molar-refractivity contribution < 1.29 is 9.84 Å². The van der Waals surface area contributed by atoms with Crippen molar-refractivity contribution in [2.75, 3.05) is 18.0 Å². The molecule has 0 saturated carbocycles.